The number of aliphatic carboxylic acids is 1. The lowest BCUT2D eigenvalue weighted by molar-refractivity contribution is -0.138. The maximum Gasteiger partial charge on any atom is 0.305 e. The van der Waals surface area contributed by atoms with Gasteiger partial charge in [0.15, 0.2) is 0 Å². The van der Waals surface area contributed by atoms with Crippen molar-refractivity contribution < 1.29 is 14.7 Å². The van der Waals surface area contributed by atoms with Crippen LogP contribution >= 0.6 is 11.3 Å². The summed E-state index contributed by atoms with van der Waals surface area (Å²) in [6.07, 6.45) is 2.76. The van der Waals surface area contributed by atoms with Gasteiger partial charge in [-0.2, -0.15) is 0 Å². The molecule has 1 saturated heterocycles. The largest absolute Gasteiger partial charge is 0.481 e. The van der Waals surface area contributed by atoms with Crippen molar-refractivity contribution in [1.82, 2.24) is 4.90 Å². The van der Waals surface area contributed by atoms with E-state index in [0.717, 1.165) is 29.3 Å². The molecular formula is C16H17NO3S. The minimum atomic E-state index is -0.837. The Morgan fingerprint density at radius 2 is 2.10 bits per heavy atom. The molecule has 1 amide bonds. The number of carboxylic acid groups (broad SMARTS) is 1. The van der Waals surface area contributed by atoms with Crippen LogP contribution in [0.15, 0.2) is 30.3 Å². The van der Waals surface area contributed by atoms with Gasteiger partial charge in [0.25, 0.3) is 5.91 Å². The van der Waals surface area contributed by atoms with E-state index in [1.54, 1.807) is 4.90 Å². The van der Waals surface area contributed by atoms with Crippen LogP contribution in [0.2, 0.25) is 0 Å². The highest BCUT2D eigenvalue weighted by molar-refractivity contribution is 7.20. The van der Waals surface area contributed by atoms with Crippen LogP contribution in [-0.2, 0) is 4.79 Å². The zero-order valence-electron chi connectivity index (χ0n) is 11.6. The highest BCUT2D eigenvalue weighted by Crippen LogP contribution is 2.29. The van der Waals surface area contributed by atoms with Crippen LogP contribution in [0, 0.1) is 0 Å². The predicted octanol–water partition coefficient (Wildman–Crippen LogP) is 3.37. The number of hydrogen-bond acceptors (Lipinski definition) is 3. The Labute approximate surface area is 127 Å². The van der Waals surface area contributed by atoms with E-state index < -0.39 is 5.97 Å². The van der Waals surface area contributed by atoms with Gasteiger partial charge in [-0.1, -0.05) is 18.2 Å². The Hall–Kier alpha value is -1.88. The van der Waals surface area contributed by atoms with E-state index in [1.165, 1.54) is 11.3 Å². The first-order valence-corrected chi connectivity index (χ1v) is 7.98. The average Bonchev–Trinajstić information content (AvgIpc) is 2.90. The van der Waals surface area contributed by atoms with Gasteiger partial charge in [0.1, 0.15) is 0 Å². The van der Waals surface area contributed by atoms with Gasteiger partial charge >= 0.3 is 5.97 Å². The fraction of sp³-hybridized carbons (Fsp3) is 0.375. The molecule has 1 aromatic heterocycles. The third-order valence-electron chi connectivity index (χ3n) is 3.93. The second-order valence-electron chi connectivity index (χ2n) is 5.39. The molecule has 110 valence electrons. The smallest absolute Gasteiger partial charge is 0.305 e. The predicted molar refractivity (Wildman–Crippen MR) is 82.8 cm³/mol. The molecule has 1 atom stereocenters. The average molecular weight is 303 g/mol. The summed E-state index contributed by atoms with van der Waals surface area (Å²) in [5.41, 5.74) is 0. The van der Waals surface area contributed by atoms with Crippen LogP contribution in [0.3, 0.4) is 0 Å². The summed E-state index contributed by atoms with van der Waals surface area (Å²) in [6, 6.07) is 9.65. The number of thiophene rings is 1. The first-order chi connectivity index (χ1) is 10.1. The fourth-order valence-corrected chi connectivity index (χ4v) is 3.93. The Morgan fingerprint density at radius 3 is 2.86 bits per heavy atom. The fourth-order valence-electron chi connectivity index (χ4n) is 2.91. The number of benzene rings is 1. The topological polar surface area (TPSA) is 57.6 Å². The van der Waals surface area contributed by atoms with Crippen molar-refractivity contribution in [3.8, 4) is 0 Å². The lowest BCUT2D eigenvalue weighted by Gasteiger charge is -2.34. The summed E-state index contributed by atoms with van der Waals surface area (Å²) in [5, 5.41) is 10.1. The highest BCUT2D eigenvalue weighted by Gasteiger charge is 2.29. The Bertz CT molecular complexity index is 646. The second kappa shape index (κ2) is 5.85. The number of hydrogen-bond donors (Lipinski definition) is 1. The molecule has 21 heavy (non-hydrogen) atoms. The van der Waals surface area contributed by atoms with Crippen molar-refractivity contribution in [3.05, 3.63) is 35.2 Å². The molecule has 0 spiro atoms. The molecule has 0 radical (unpaired) electrons. The SMILES string of the molecule is O=C(O)CC1CCCCN1C(=O)c1cc2ccccc2s1. The van der Waals surface area contributed by atoms with Crippen LogP contribution in [0.1, 0.15) is 35.4 Å². The standard InChI is InChI=1S/C16H17NO3S/c18-15(19)10-12-6-3-4-8-17(12)16(20)14-9-11-5-1-2-7-13(11)21-14/h1-2,5,7,9,12H,3-4,6,8,10H2,(H,18,19). The Balaban J connectivity index is 1.86. The summed E-state index contributed by atoms with van der Waals surface area (Å²) in [7, 11) is 0. The third kappa shape index (κ3) is 2.93. The molecule has 1 unspecified atom stereocenters. The molecule has 2 aromatic rings. The normalized spacial score (nSPS) is 18.9. The van der Waals surface area contributed by atoms with Crippen molar-refractivity contribution in [2.24, 2.45) is 0 Å². The first kappa shape index (κ1) is 14.1. The molecule has 2 heterocycles. The lowest BCUT2D eigenvalue weighted by atomic mass is 9.99. The van der Waals surface area contributed by atoms with Crippen molar-refractivity contribution in [2.45, 2.75) is 31.7 Å². The molecule has 5 heteroatoms. The lowest BCUT2D eigenvalue weighted by Crippen LogP contribution is -2.44. The summed E-state index contributed by atoms with van der Waals surface area (Å²) in [6.45, 7) is 0.658. The van der Waals surface area contributed by atoms with Crippen LogP contribution in [0.4, 0.5) is 0 Å². The molecule has 1 aromatic carbocycles. The van der Waals surface area contributed by atoms with E-state index in [1.807, 2.05) is 30.3 Å². The number of nitrogens with zero attached hydrogens (tertiary/aromatic N) is 1. The molecule has 1 aliphatic rings. The minimum Gasteiger partial charge on any atom is -0.481 e. The zero-order valence-corrected chi connectivity index (χ0v) is 12.4. The van der Waals surface area contributed by atoms with Crippen molar-refractivity contribution in [1.29, 1.82) is 0 Å². The van der Waals surface area contributed by atoms with Gasteiger partial charge in [0, 0.05) is 17.3 Å². The van der Waals surface area contributed by atoms with E-state index >= 15 is 0 Å². The van der Waals surface area contributed by atoms with E-state index in [-0.39, 0.29) is 18.4 Å². The molecule has 1 N–H and O–H groups in total. The summed E-state index contributed by atoms with van der Waals surface area (Å²) < 4.78 is 1.09. The third-order valence-corrected chi connectivity index (χ3v) is 5.04. The van der Waals surface area contributed by atoms with Crippen LogP contribution < -0.4 is 0 Å². The first-order valence-electron chi connectivity index (χ1n) is 7.16. The van der Waals surface area contributed by atoms with Crippen molar-refractivity contribution in [2.75, 3.05) is 6.54 Å². The molecule has 0 saturated carbocycles. The Kier molecular flexibility index (Phi) is 3.92. The molecule has 0 aliphatic carbocycles. The zero-order chi connectivity index (χ0) is 14.8. The van der Waals surface area contributed by atoms with E-state index in [9.17, 15) is 9.59 Å². The minimum absolute atomic E-state index is 0.0258. The van der Waals surface area contributed by atoms with Gasteiger partial charge in [0.05, 0.1) is 11.3 Å². The van der Waals surface area contributed by atoms with Gasteiger partial charge in [-0.25, -0.2) is 0 Å². The summed E-state index contributed by atoms with van der Waals surface area (Å²) in [5.74, 6) is -0.863. The molecule has 3 rings (SSSR count). The number of carboxylic acids is 1. The number of amides is 1. The van der Waals surface area contributed by atoms with Crippen LogP contribution in [-0.4, -0.2) is 34.5 Å². The van der Waals surface area contributed by atoms with Gasteiger partial charge < -0.3 is 10.0 Å². The van der Waals surface area contributed by atoms with Gasteiger partial charge in [0.2, 0.25) is 0 Å². The number of rotatable bonds is 3. The molecule has 4 nitrogen and oxygen atoms in total. The number of fused-ring (bicyclic) bond motifs is 1. The number of piperidine rings is 1. The Morgan fingerprint density at radius 1 is 1.29 bits per heavy atom. The highest BCUT2D eigenvalue weighted by atomic mass is 32.1. The van der Waals surface area contributed by atoms with Crippen molar-refractivity contribution in [3.63, 3.8) is 0 Å². The molecule has 1 fully saturated rings. The van der Waals surface area contributed by atoms with Gasteiger partial charge in [-0.15, -0.1) is 11.3 Å². The maximum atomic E-state index is 12.7. The van der Waals surface area contributed by atoms with E-state index in [2.05, 4.69) is 0 Å². The summed E-state index contributed by atoms with van der Waals surface area (Å²) >= 11 is 1.48. The molecular weight excluding hydrogens is 286 g/mol. The van der Waals surface area contributed by atoms with E-state index in [4.69, 9.17) is 5.11 Å². The monoisotopic (exact) mass is 303 g/mol. The van der Waals surface area contributed by atoms with Crippen LogP contribution in [0.25, 0.3) is 10.1 Å². The second-order valence-corrected chi connectivity index (χ2v) is 6.48. The molecule has 0 bridgehead atoms. The van der Waals surface area contributed by atoms with Crippen molar-refractivity contribution >= 4 is 33.3 Å². The van der Waals surface area contributed by atoms with E-state index in [0.29, 0.717) is 11.4 Å². The van der Waals surface area contributed by atoms with Gasteiger partial charge in [-0.05, 0) is 36.8 Å². The van der Waals surface area contributed by atoms with Crippen LogP contribution in [0.5, 0.6) is 0 Å². The number of carbonyl (C=O) groups is 2. The quantitative estimate of drug-likeness (QED) is 0.945. The maximum absolute atomic E-state index is 12.7. The summed E-state index contributed by atoms with van der Waals surface area (Å²) in [4.78, 5) is 26.1. The number of likely N-dealkylation sites (tertiary alicyclic amines) is 1. The number of carbonyl (C=O) groups excluding carboxylic acids is 1. The van der Waals surface area contributed by atoms with Gasteiger partial charge in [-0.3, -0.25) is 9.59 Å². The molecule has 1 aliphatic heterocycles.